The zero-order valence-electron chi connectivity index (χ0n) is 4.73. The van der Waals surface area contributed by atoms with Gasteiger partial charge in [-0.2, -0.15) is 0 Å². The number of alkyl halides is 1. The lowest BCUT2D eigenvalue weighted by atomic mass is 10.4. The van der Waals surface area contributed by atoms with Crippen molar-refractivity contribution in [1.29, 1.82) is 0 Å². The van der Waals surface area contributed by atoms with E-state index >= 15 is 0 Å². The quantitative estimate of drug-likeness (QED) is 0.587. The number of aromatic nitrogens is 1. The van der Waals surface area contributed by atoms with Crippen molar-refractivity contribution in [2.75, 3.05) is 0 Å². The lowest BCUT2D eigenvalue weighted by molar-refractivity contribution is 1.16. The molecule has 0 radical (unpaired) electrons. The largest absolute Gasteiger partial charge is 0.364 e. The SMILES string of the molecule is O=c1cc[nH]c(CCl)c1. The molecule has 0 saturated carbocycles. The molecule has 3 heteroatoms. The lowest BCUT2D eigenvalue weighted by Crippen LogP contribution is -1.98. The van der Waals surface area contributed by atoms with Crippen LogP contribution in [0.25, 0.3) is 0 Å². The van der Waals surface area contributed by atoms with Crippen LogP contribution in [0.4, 0.5) is 0 Å². The van der Waals surface area contributed by atoms with Crippen LogP contribution in [0.5, 0.6) is 0 Å². The third kappa shape index (κ3) is 1.57. The predicted molar refractivity (Wildman–Crippen MR) is 36.6 cm³/mol. The fraction of sp³-hybridized carbons (Fsp3) is 0.167. The topological polar surface area (TPSA) is 32.9 Å². The molecule has 0 amide bonds. The number of rotatable bonds is 1. The number of aromatic amines is 1. The van der Waals surface area contributed by atoms with Crippen molar-refractivity contribution in [3.63, 3.8) is 0 Å². The molecule has 0 atom stereocenters. The van der Waals surface area contributed by atoms with Crippen molar-refractivity contribution in [3.05, 3.63) is 34.2 Å². The van der Waals surface area contributed by atoms with Gasteiger partial charge < -0.3 is 4.98 Å². The Balaban J connectivity index is 3.08. The summed E-state index contributed by atoms with van der Waals surface area (Å²) < 4.78 is 0. The maximum Gasteiger partial charge on any atom is 0.181 e. The molecule has 1 aromatic heterocycles. The van der Waals surface area contributed by atoms with E-state index < -0.39 is 0 Å². The first kappa shape index (κ1) is 6.36. The van der Waals surface area contributed by atoms with Gasteiger partial charge in [0.05, 0.1) is 5.88 Å². The van der Waals surface area contributed by atoms with Gasteiger partial charge in [-0.1, -0.05) is 0 Å². The summed E-state index contributed by atoms with van der Waals surface area (Å²) in [5, 5.41) is 0. The Morgan fingerprint density at radius 3 is 2.89 bits per heavy atom. The number of halogens is 1. The maximum absolute atomic E-state index is 10.6. The van der Waals surface area contributed by atoms with Crippen LogP contribution in [0.3, 0.4) is 0 Å². The van der Waals surface area contributed by atoms with Crippen LogP contribution < -0.4 is 5.43 Å². The van der Waals surface area contributed by atoms with E-state index in [4.69, 9.17) is 11.6 Å². The van der Waals surface area contributed by atoms with E-state index in [0.29, 0.717) is 5.88 Å². The van der Waals surface area contributed by atoms with Gasteiger partial charge in [0.1, 0.15) is 0 Å². The summed E-state index contributed by atoms with van der Waals surface area (Å²) in [5.74, 6) is 0.357. The molecule has 0 unspecified atom stereocenters. The van der Waals surface area contributed by atoms with Crippen LogP contribution in [-0.2, 0) is 5.88 Å². The highest BCUT2D eigenvalue weighted by molar-refractivity contribution is 6.16. The molecule has 0 bridgehead atoms. The highest BCUT2D eigenvalue weighted by Crippen LogP contribution is 1.92. The minimum atomic E-state index is -0.00981. The summed E-state index contributed by atoms with van der Waals surface area (Å²) in [7, 11) is 0. The van der Waals surface area contributed by atoms with Crippen molar-refractivity contribution >= 4 is 11.6 Å². The fourth-order valence-electron chi connectivity index (χ4n) is 0.569. The van der Waals surface area contributed by atoms with E-state index in [2.05, 4.69) is 4.98 Å². The predicted octanol–water partition coefficient (Wildman–Crippen LogP) is 1.11. The molecule has 0 fully saturated rings. The summed E-state index contributed by atoms with van der Waals surface area (Å²) in [6.07, 6.45) is 1.58. The minimum absolute atomic E-state index is 0.00981. The molecular formula is C6H6ClNO. The summed E-state index contributed by atoms with van der Waals surface area (Å²) in [5.41, 5.74) is 0.744. The van der Waals surface area contributed by atoms with Crippen molar-refractivity contribution in [2.45, 2.75) is 5.88 Å². The van der Waals surface area contributed by atoms with Gasteiger partial charge in [0.15, 0.2) is 5.43 Å². The highest BCUT2D eigenvalue weighted by Gasteiger charge is 1.87. The molecule has 2 nitrogen and oxygen atoms in total. The summed E-state index contributed by atoms with van der Waals surface area (Å²) in [4.78, 5) is 13.4. The van der Waals surface area contributed by atoms with Crippen LogP contribution in [0, 0.1) is 0 Å². The summed E-state index contributed by atoms with van der Waals surface area (Å²) in [6.45, 7) is 0. The standard InChI is InChI=1S/C6H6ClNO/c7-4-5-3-6(9)1-2-8-5/h1-3H,4H2,(H,8,9). The zero-order valence-corrected chi connectivity index (χ0v) is 5.48. The Morgan fingerprint density at radius 2 is 2.44 bits per heavy atom. The number of pyridine rings is 1. The van der Waals surface area contributed by atoms with E-state index in [9.17, 15) is 4.79 Å². The smallest absolute Gasteiger partial charge is 0.181 e. The average molecular weight is 144 g/mol. The number of hydrogen-bond acceptors (Lipinski definition) is 1. The second-order valence-electron chi connectivity index (χ2n) is 1.68. The van der Waals surface area contributed by atoms with E-state index in [0.717, 1.165) is 5.69 Å². The van der Waals surface area contributed by atoms with Crippen molar-refractivity contribution in [2.24, 2.45) is 0 Å². The Kier molecular flexibility index (Phi) is 1.90. The molecule has 0 aliphatic rings. The Labute approximate surface area is 57.5 Å². The molecule has 1 N–H and O–H groups in total. The van der Waals surface area contributed by atoms with Crippen molar-refractivity contribution in [3.8, 4) is 0 Å². The molecular weight excluding hydrogens is 138 g/mol. The lowest BCUT2D eigenvalue weighted by Gasteiger charge is -1.89. The molecule has 0 saturated heterocycles. The summed E-state index contributed by atoms with van der Waals surface area (Å²) in [6, 6.07) is 2.93. The number of H-pyrrole nitrogens is 1. The molecule has 1 aromatic rings. The normalized spacial score (nSPS) is 9.44. The van der Waals surface area contributed by atoms with Gasteiger partial charge in [-0.25, -0.2) is 0 Å². The fourth-order valence-corrected chi connectivity index (χ4v) is 0.724. The molecule has 0 aliphatic heterocycles. The first-order valence-electron chi connectivity index (χ1n) is 2.56. The van der Waals surface area contributed by atoms with Gasteiger partial charge >= 0.3 is 0 Å². The van der Waals surface area contributed by atoms with Crippen LogP contribution in [-0.4, -0.2) is 4.98 Å². The van der Waals surface area contributed by atoms with Gasteiger partial charge in [-0.3, -0.25) is 4.79 Å². The van der Waals surface area contributed by atoms with E-state index in [1.165, 1.54) is 12.1 Å². The van der Waals surface area contributed by atoms with Gasteiger partial charge in [-0.05, 0) is 0 Å². The van der Waals surface area contributed by atoms with Crippen molar-refractivity contribution < 1.29 is 0 Å². The second kappa shape index (κ2) is 2.69. The maximum atomic E-state index is 10.6. The molecule has 1 heterocycles. The molecule has 0 aromatic carbocycles. The van der Waals surface area contributed by atoms with E-state index in [1.54, 1.807) is 6.20 Å². The highest BCUT2D eigenvalue weighted by atomic mass is 35.5. The Morgan fingerprint density at radius 1 is 1.67 bits per heavy atom. The van der Waals surface area contributed by atoms with Crippen LogP contribution in [0.1, 0.15) is 5.69 Å². The van der Waals surface area contributed by atoms with Crippen LogP contribution in [0.2, 0.25) is 0 Å². The second-order valence-corrected chi connectivity index (χ2v) is 1.95. The Bertz CT molecular complexity index is 243. The molecule has 0 aliphatic carbocycles. The average Bonchev–Trinajstić information content (AvgIpc) is 1.88. The zero-order chi connectivity index (χ0) is 6.69. The monoisotopic (exact) mass is 143 g/mol. The molecule has 9 heavy (non-hydrogen) atoms. The van der Waals surface area contributed by atoms with Crippen LogP contribution >= 0.6 is 11.6 Å². The summed E-state index contributed by atoms with van der Waals surface area (Å²) >= 11 is 5.43. The first-order valence-corrected chi connectivity index (χ1v) is 3.10. The van der Waals surface area contributed by atoms with Gasteiger partial charge in [0, 0.05) is 24.0 Å². The van der Waals surface area contributed by atoms with Gasteiger partial charge in [0.2, 0.25) is 0 Å². The third-order valence-corrected chi connectivity index (χ3v) is 1.26. The molecule has 48 valence electrons. The first-order chi connectivity index (χ1) is 4.33. The third-order valence-electron chi connectivity index (χ3n) is 0.977. The van der Waals surface area contributed by atoms with E-state index in [-0.39, 0.29) is 5.43 Å². The van der Waals surface area contributed by atoms with Gasteiger partial charge in [-0.15, -0.1) is 11.6 Å². The Hall–Kier alpha value is -0.760. The number of hydrogen-bond donors (Lipinski definition) is 1. The number of nitrogens with one attached hydrogen (secondary N) is 1. The molecule has 0 spiro atoms. The van der Waals surface area contributed by atoms with E-state index in [1.807, 2.05) is 0 Å². The van der Waals surface area contributed by atoms with Gasteiger partial charge in [0.25, 0.3) is 0 Å². The molecule has 1 rings (SSSR count). The van der Waals surface area contributed by atoms with Crippen LogP contribution in [0.15, 0.2) is 23.1 Å². The minimum Gasteiger partial charge on any atom is -0.364 e. The van der Waals surface area contributed by atoms with Crippen molar-refractivity contribution in [1.82, 2.24) is 4.98 Å².